The summed E-state index contributed by atoms with van der Waals surface area (Å²) in [6.45, 7) is 0.675. The molecule has 2 aromatic carbocycles. The van der Waals surface area contributed by atoms with Gasteiger partial charge in [-0.3, -0.25) is 9.59 Å². The van der Waals surface area contributed by atoms with Crippen molar-refractivity contribution in [2.24, 2.45) is 17.6 Å². The Kier molecular flexibility index (Phi) is 8.05. The second-order valence-electron chi connectivity index (χ2n) is 9.73. The number of benzene rings is 2. The molecule has 4 rings (SSSR count). The first-order valence-electron chi connectivity index (χ1n) is 12.5. The number of aromatic nitrogens is 1. The molecule has 1 atom stereocenters. The van der Waals surface area contributed by atoms with Gasteiger partial charge in [-0.15, -0.1) is 0 Å². The lowest BCUT2D eigenvalue weighted by Crippen LogP contribution is -2.49. The molecule has 0 aliphatic heterocycles. The number of carboxylic acids is 1. The van der Waals surface area contributed by atoms with Gasteiger partial charge in [-0.2, -0.15) is 0 Å². The van der Waals surface area contributed by atoms with E-state index < -0.39 is 12.0 Å². The van der Waals surface area contributed by atoms with Crippen LogP contribution in [0.15, 0.2) is 54.6 Å². The maximum absolute atomic E-state index is 13.5. The minimum atomic E-state index is -1.04. The summed E-state index contributed by atoms with van der Waals surface area (Å²) in [5, 5.41) is 12.9. The van der Waals surface area contributed by atoms with Crippen LogP contribution in [0.3, 0.4) is 0 Å². The number of nitrogens with zero attached hydrogens (tertiary/aromatic N) is 1. The molecule has 8 heteroatoms. The maximum Gasteiger partial charge on any atom is 0.352 e. The normalized spacial score (nSPS) is 18.5. The molecule has 1 fully saturated rings. The summed E-state index contributed by atoms with van der Waals surface area (Å²) in [5.74, 6) is -0.820. The van der Waals surface area contributed by atoms with Crippen molar-refractivity contribution >= 4 is 34.4 Å². The summed E-state index contributed by atoms with van der Waals surface area (Å²) in [6.07, 6.45) is 5.02. The van der Waals surface area contributed by atoms with Crippen molar-refractivity contribution in [3.8, 4) is 0 Å². The fourth-order valence-electron chi connectivity index (χ4n) is 5.17. The molecule has 190 valence electrons. The molecule has 36 heavy (non-hydrogen) atoms. The largest absolute Gasteiger partial charge is 0.477 e. The highest BCUT2D eigenvalue weighted by Crippen LogP contribution is 2.32. The van der Waals surface area contributed by atoms with Gasteiger partial charge in [0.15, 0.2) is 0 Å². The number of hydrogen-bond donors (Lipinski definition) is 4. The predicted molar refractivity (Wildman–Crippen MR) is 140 cm³/mol. The van der Waals surface area contributed by atoms with Gasteiger partial charge in [0.2, 0.25) is 11.8 Å². The Bertz CT molecular complexity index is 1210. The number of nitrogens with one attached hydrogen (secondary N) is 2. The molecule has 8 nitrogen and oxygen atoms in total. The Morgan fingerprint density at radius 2 is 1.81 bits per heavy atom. The van der Waals surface area contributed by atoms with Crippen molar-refractivity contribution in [3.63, 3.8) is 0 Å². The summed E-state index contributed by atoms with van der Waals surface area (Å²) >= 11 is 0. The van der Waals surface area contributed by atoms with Crippen molar-refractivity contribution in [3.05, 3.63) is 65.9 Å². The maximum atomic E-state index is 13.5. The first-order valence-corrected chi connectivity index (χ1v) is 12.5. The van der Waals surface area contributed by atoms with Crippen LogP contribution in [0.1, 0.15) is 48.2 Å². The second kappa shape index (κ2) is 11.4. The van der Waals surface area contributed by atoms with Gasteiger partial charge in [0.25, 0.3) is 0 Å². The minimum absolute atomic E-state index is 0.00414. The van der Waals surface area contributed by atoms with Crippen LogP contribution in [0.25, 0.3) is 10.9 Å². The van der Waals surface area contributed by atoms with E-state index in [0.29, 0.717) is 35.5 Å². The van der Waals surface area contributed by atoms with Gasteiger partial charge in [0, 0.05) is 36.0 Å². The highest BCUT2D eigenvalue weighted by Gasteiger charge is 2.33. The molecule has 0 unspecified atom stereocenters. The number of rotatable bonds is 9. The number of fused-ring (bicyclic) bond motifs is 1. The van der Waals surface area contributed by atoms with Crippen LogP contribution < -0.4 is 11.1 Å². The lowest BCUT2D eigenvalue weighted by Gasteiger charge is -2.34. The Balaban J connectivity index is 1.51. The van der Waals surface area contributed by atoms with Crippen LogP contribution in [-0.4, -0.2) is 52.4 Å². The Morgan fingerprint density at radius 3 is 2.47 bits per heavy atom. The van der Waals surface area contributed by atoms with Crippen molar-refractivity contribution in [1.82, 2.24) is 9.88 Å². The molecular weight excluding hydrogens is 456 g/mol. The van der Waals surface area contributed by atoms with Crippen LogP contribution in [0.4, 0.5) is 5.69 Å². The number of H-pyrrole nitrogens is 1. The van der Waals surface area contributed by atoms with Gasteiger partial charge >= 0.3 is 5.97 Å². The van der Waals surface area contributed by atoms with Gasteiger partial charge in [0.05, 0.1) is 0 Å². The number of carbonyl (C=O) groups excluding carboxylic acids is 2. The van der Waals surface area contributed by atoms with Crippen molar-refractivity contribution in [2.75, 3.05) is 18.9 Å². The second-order valence-corrected chi connectivity index (χ2v) is 9.73. The molecule has 1 saturated carbocycles. The molecule has 3 aromatic rings. The number of carboxylic acid groups (broad SMARTS) is 1. The highest BCUT2D eigenvalue weighted by atomic mass is 16.4. The Hall–Kier alpha value is -3.65. The third-order valence-electron chi connectivity index (χ3n) is 7.28. The predicted octanol–water partition coefficient (Wildman–Crippen LogP) is 4.03. The quantitative estimate of drug-likeness (QED) is 0.360. The molecule has 1 aromatic heterocycles. The first kappa shape index (κ1) is 25.4. The number of anilines is 1. The van der Waals surface area contributed by atoms with Gasteiger partial charge in [0.1, 0.15) is 11.7 Å². The minimum Gasteiger partial charge on any atom is -0.477 e. The summed E-state index contributed by atoms with van der Waals surface area (Å²) in [7, 11) is 1.72. The highest BCUT2D eigenvalue weighted by molar-refractivity contribution is 6.00. The molecule has 0 spiro atoms. The number of nitrogens with two attached hydrogens (primary N) is 1. The van der Waals surface area contributed by atoms with Crippen LogP contribution in [0.5, 0.6) is 0 Å². The lowest BCUT2D eigenvalue weighted by molar-refractivity contribution is -0.141. The van der Waals surface area contributed by atoms with E-state index in [0.717, 1.165) is 37.7 Å². The average molecular weight is 491 g/mol. The number of aromatic carboxylic acids is 1. The molecule has 5 N–H and O–H groups in total. The fourth-order valence-corrected chi connectivity index (χ4v) is 5.17. The average Bonchev–Trinajstić information content (AvgIpc) is 3.32. The molecule has 1 aliphatic carbocycles. The number of carbonyl (C=O) groups is 3. The summed E-state index contributed by atoms with van der Waals surface area (Å²) in [6, 6.07) is 15.7. The van der Waals surface area contributed by atoms with Gasteiger partial charge in [-0.25, -0.2) is 4.79 Å². The summed E-state index contributed by atoms with van der Waals surface area (Å²) in [4.78, 5) is 42.7. The van der Waals surface area contributed by atoms with Gasteiger partial charge in [-0.1, -0.05) is 30.3 Å². The number of likely N-dealkylation sites (N-methyl/N-ethyl adjacent to an activating group) is 1. The monoisotopic (exact) mass is 490 g/mol. The zero-order valence-electron chi connectivity index (χ0n) is 20.6. The van der Waals surface area contributed by atoms with E-state index in [9.17, 15) is 19.5 Å². The summed E-state index contributed by atoms with van der Waals surface area (Å²) in [5.41, 5.74) is 7.98. The smallest absolute Gasteiger partial charge is 0.352 e. The third kappa shape index (κ3) is 5.94. The van der Waals surface area contributed by atoms with Crippen molar-refractivity contribution < 1.29 is 19.5 Å². The van der Waals surface area contributed by atoms with Gasteiger partial charge < -0.3 is 26.0 Å². The molecule has 0 bridgehead atoms. The van der Waals surface area contributed by atoms with Crippen LogP contribution in [-0.2, 0) is 16.0 Å². The van der Waals surface area contributed by atoms with E-state index in [-0.39, 0.29) is 23.4 Å². The van der Waals surface area contributed by atoms with E-state index in [1.807, 2.05) is 30.3 Å². The van der Waals surface area contributed by atoms with E-state index in [1.165, 1.54) is 6.07 Å². The molecule has 1 aliphatic rings. The zero-order valence-corrected chi connectivity index (χ0v) is 20.6. The number of aromatic amines is 1. The van der Waals surface area contributed by atoms with Gasteiger partial charge in [-0.05, 0) is 74.4 Å². The Labute approximate surface area is 210 Å². The van der Waals surface area contributed by atoms with Crippen molar-refractivity contribution in [1.29, 1.82) is 0 Å². The van der Waals surface area contributed by atoms with Crippen LogP contribution in [0, 0.1) is 11.8 Å². The van der Waals surface area contributed by atoms with Crippen LogP contribution in [0.2, 0.25) is 0 Å². The molecule has 1 heterocycles. The first-order chi connectivity index (χ1) is 17.4. The number of amides is 2. The third-order valence-corrected chi connectivity index (χ3v) is 7.28. The van der Waals surface area contributed by atoms with Crippen LogP contribution >= 0.6 is 0 Å². The Morgan fingerprint density at radius 1 is 1.08 bits per heavy atom. The standard InChI is InChI=1S/C28H34N4O4/c1-32(27(34)20-9-7-18(8-10-20)13-14-29)25(15-19-5-3-2-4-6-19)26(33)30-22-11-12-23-21(16-22)17-24(31-23)28(35)36/h2-6,11-12,16-18,20,25,31H,7-10,13-15,29H2,1H3,(H,30,33)(H,35,36)/t18?,20?,25-/m0/s1. The molecule has 0 radical (unpaired) electrons. The fraction of sp³-hybridized carbons (Fsp3) is 0.393. The number of hydrogen-bond acceptors (Lipinski definition) is 4. The topological polar surface area (TPSA) is 129 Å². The van der Waals surface area contributed by atoms with E-state index in [2.05, 4.69) is 10.3 Å². The summed E-state index contributed by atoms with van der Waals surface area (Å²) < 4.78 is 0. The zero-order chi connectivity index (χ0) is 25.7. The molecule has 2 amide bonds. The van der Waals surface area contributed by atoms with Crippen molar-refractivity contribution in [2.45, 2.75) is 44.6 Å². The van der Waals surface area contributed by atoms with E-state index >= 15 is 0 Å². The molecular formula is C28H34N4O4. The van der Waals surface area contributed by atoms with E-state index in [4.69, 9.17) is 5.73 Å². The molecule has 0 saturated heterocycles. The SMILES string of the molecule is CN(C(=O)C1CCC(CCN)CC1)[C@@H](Cc1ccccc1)C(=O)Nc1ccc2[nH]c(C(=O)O)cc2c1. The lowest BCUT2D eigenvalue weighted by atomic mass is 9.80. The van der Waals surface area contributed by atoms with E-state index in [1.54, 1.807) is 30.1 Å².